The van der Waals surface area contributed by atoms with Gasteiger partial charge in [-0.2, -0.15) is 0 Å². The number of anilines is 2. The van der Waals surface area contributed by atoms with E-state index in [0.717, 1.165) is 12.1 Å². The van der Waals surface area contributed by atoms with Gasteiger partial charge in [0, 0.05) is 11.4 Å². The highest BCUT2D eigenvalue weighted by molar-refractivity contribution is 7.92. The fourth-order valence-electron chi connectivity index (χ4n) is 1.75. The minimum Gasteiger partial charge on any atom is -0.399 e. The Balaban J connectivity index is 2.46. The molecular formula is C13H11F3N2O2S. The van der Waals surface area contributed by atoms with Gasteiger partial charge in [-0.15, -0.1) is 0 Å². The van der Waals surface area contributed by atoms with Crippen LogP contribution in [-0.4, -0.2) is 8.42 Å². The Morgan fingerprint density at radius 1 is 1.00 bits per heavy atom. The van der Waals surface area contributed by atoms with Gasteiger partial charge in [0.15, 0.2) is 4.90 Å². The van der Waals surface area contributed by atoms with E-state index in [4.69, 9.17) is 5.73 Å². The maximum Gasteiger partial charge on any atom is 0.267 e. The van der Waals surface area contributed by atoms with Gasteiger partial charge in [0.1, 0.15) is 17.5 Å². The predicted octanol–water partition coefficient (Wildman–Crippen LogP) is 2.80. The zero-order chi connectivity index (χ0) is 15.8. The summed E-state index contributed by atoms with van der Waals surface area (Å²) in [6.07, 6.45) is 0. The van der Waals surface area contributed by atoms with Crippen LogP contribution in [-0.2, 0) is 10.0 Å². The van der Waals surface area contributed by atoms with Gasteiger partial charge in [-0.25, -0.2) is 21.6 Å². The molecule has 21 heavy (non-hydrogen) atoms. The summed E-state index contributed by atoms with van der Waals surface area (Å²) in [6, 6.07) is 4.80. The van der Waals surface area contributed by atoms with Crippen LogP contribution < -0.4 is 10.5 Å². The van der Waals surface area contributed by atoms with Crippen molar-refractivity contribution < 1.29 is 21.6 Å². The number of sulfonamides is 1. The standard InChI is InChI=1S/C13H11F3N2O2S/c1-7-4-9(2-3-10(7)14)18-21(19,20)13-11(15)5-8(17)6-12(13)16/h2-6,18H,17H2,1H3. The highest BCUT2D eigenvalue weighted by Gasteiger charge is 2.25. The van der Waals surface area contributed by atoms with E-state index in [-0.39, 0.29) is 16.9 Å². The topological polar surface area (TPSA) is 72.2 Å². The molecule has 0 spiro atoms. The van der Waals surface area contributed by atoms with Crippen LogP contribution in [0.25, 0.3) is 0 Å². The number of hydrogen-bond donors (Lipinski definition) is 2. The average Bonchev–Trinajstić information content (AvgIpc) is 2.31. The van der Waals surface area contributed by atoms with Gasteiger partial charge in [0.25, 0.3) is 10.0 Å². The molecule has 0 fully saturated rings. The Labute approximate surface area is 119 Å². The quantitative estimate of drug-likeness (QED) is 0.855. The largest absolute Gasteiger partial charge is 0.399 e. The second-order valence-electron chi connectivity index (χ2n) is 4.38. The van der Waals surface area contributed by atoms with E-state index in [1.807, 2.05) is 4.72 Å². The Bertz CT molecular complexity index is 784. The highest BCUT2D eigenvalue weighted by atomic mass is 32.2. The van der Waals surface area contributed by atoms with Crippen LogP contribution >= 0.6 is 0 Å². The van der Waals surface area contributed by atoms with Gasteiger partial charge in [-0.05, 0) is 42.8 Å². The third kappa shape index (κ3) is 3.10. The van der Waals surface area contributed by atoms with Crippen LogP contribution in [0.4, 0.5) is 24.5 Å². The fraction of sp³-hybridized carbons (Fsp3) is 0.0769. The predicted molar refractivity (Wildman–Crippen MR) is 72.7 cm³/mol. The van der Waals surface area contributed by atoms with Crippen molar-refractivity contribution in [1.82, 2.24) is 0 Å². The zero-order valence-corrected chi connectivity index (χ0v) is 11.6. The van der Waals surface area contributed by atoms with Crippen molar-refractivity contribution in [1.29, 1.82) is 0 Å². The molecular weight excluding hydrogens is 305 g/mol. The molecule has 0 radical (unpaired) electrons. The SMILES string of the molecule is Cc1cc(NS(=O)(=O)c2c(F)cc(N)cc2F)ccc1F. The minimum atomic E-state index is -4.50. The summed E-state index contributed by atoms with van der Waals surface area (Å²) in [7, 11) is -4.50. The summed E-state index contributed by atoms with van der Waals surface area (Å²) in [5.74, 6) is -3.14. The van der Waals surface area contributed by atoms with Crippen molar-refractivity contribution in [2.24, 2.45) is 0 Å². The number of hydrogen-bond acceptors (Lipinski definition) is 3. The number of aryl methyl sites for hydroxylation is 1. The number of nitrogens with two attached hydrogens (primary N) is 1. The van der Waals surface area contributed by atoms with E-state index < -0.39 is 32.4 Å². The smallest absolute Gasteiger partial charge is 0.267 e. The van der Waals surface area contributed by atoms with Crippen molar-refractivity contribution in [3.63, 3.8) is 0 Å². The highest BCUT2D eigenvalue weighted by Crippen LogP contribution is 2.24. The van der Waals surface area contributed by atoms with E-state index in [1.165, 1.54) is 13.0 Å². The van der Waals surface area contributed by atoms with E-state index in [9.17, 15) is 21.6 Å². The first-order valence-corrected chi connectivity index (χ1v) is 7.22. The Morgan fingerprint density at radius 3 is 2.10 bits per heavy atom. The normalized spacial score (nSPS) is 11.4. The molecule has 2 rings (SSSR count). The summed E-state index contributed by atoms with van der Waals surface area (Å²) in [5.41, 5.74) is 5.17. The van der Waals surface area contributed by atoms with E-state index in [2.05, 4.69) is 0 Å². The third-order valence-electron chi connectivity index (χ3n) is 2.70. The van der Waals surface area contributed by atoms with Gasteiger partial charge in [0.2, 0.25) is 0 Å². The summed E-state index contributed by atoms with van der Waals surface area (Å²) >= 11 is 0. The maximum absolute atomic E-state index is 13.7. The second kappa shape index (κ2) is 5.28. The molecule has 8 heteroatoms. The van der Waals surface area contributed by atoms with Gasteiger partial charge in [0.05, 0.1) is 0 Å². The van der Waals surface area contributed by atoms with Crippen molar-refractivity contribution in [3.05, 3.63) is 53.3 Å². The summed E-state index contributed by atoms with van der Waals surface area (Å²) < 4.78 is 66.5. The fourth-order valence-corrected chi connectivity index (χ4v) is 2.92. The number of nitrogens with one attached hydrogen (secondary N) is 1. The lowest BCUT2D eigenvalue weighted by Crippen LogP contribution is -2.17. The lowest BCUT2D eigenvalue weighted by molar-refractivity contribution is 0.522. The first-order chi connectivity index (χ1) is 9.70. The van der Waals surface area contributed by atoms with Gasteiger partial charge >= 0.3 is 0 Å². The van der Waals surface area contributed by atoms with Crippen molar-refractivity contribution >= 4 is 21.4 Å². The van der Waals surface area contributed by atoms with Gasteiger partial charge in [-0.1, -0.05) is 0 Å². The Kier molecular flexibility index (Phi) is 3.82. The molecule has 0 aliphatic carbocycles. The molecule has 0 saturated carbocycles. The summed E-state index contributed by atoms with van der Waals surface area (Å²) in [5, 5.41) is 0. The maximum atomic E-state index is 13.7. The first kappa shape index (κ1) is 15.2. The molecule has 0 aromatic heterocycles. The monoisotopic (exact) mass is 316 g/mol. The lowest BCUT2D eigenvalue weighted by atomic mass is 10.2. The minimum absolute atomic E-state index is 0.00970. The first-order valence-electron chi connectivity index (χ1n) is 5.74. The molecule has 4 nitrogen and oxygen atoms in total. The van der Waals surface area contributed by atoms with Gasteiger partial charge < -0.3 is 5.73 Å². The molecule has 0 heterocycles. The molecule has 0 amide bonds. The van der Waals surface area contributed by atoms with Crippen LogP contribution in [0.5, 0.6) is 0 Å². The van der Waals surface area contributed by atoms with Crippen LogP contribution in [0.15, 0.2) is 35.2 Å². The van der Waals surface area contributed by atoms with E-state index >= 15 is 0 Å². The zero-order valence-electron chi connectivity index (χ0n) is 10.8. The summed E-state index contributed by atoms with van der Waals surface area (Å²) in [6.45, 7) is 1.43. The molecule has 2 aromatic rings. The third-order valence-corrected chi connectivity index (χ3v) is 4.13. The molecule has 0 aliphatic rings. The van der Waals surface area contributed by atoms with Crippen LogP contribution in [0.2, 0.25) is 0 Å². The lowest BCUT2D eigenvalue weighted by Gasteiger charge is -2.11. The molecule has 0 saturated heterocycles. The van der Waals surface area contributed by atoms with Crippen molar-refractivity contribution in [2.75, 3.05) is 10.5 Å². The van der Waals surface area contributed by atoms with Crippen LogP contribution in [0.3, 0.4) is 0 Å². The number of rotatable bonds is 3. The molecule has 0 unspecified atom stereocenters. The second-order valence-corrected chi connectivity index (χ2v) is 6.00. The number of benzene rings is 2. The number of nitrogen functional groups attached to an aromatic ring is 1. The molecule has 2 aromatic carbocycles. The van der Waals surface area contributed by atoms with E-state index in [1.54, 1.807) is 0 Å². The molecule has 0 bridgehead atoms. The average molecular weight is 316 g/mol. The van der Waals surface area contributed by atoms with Crippen molar-refractivity contribution in [2.45, 2.75) is 11.8 Å². The van der Waals surface area contributed by atoms with Gasteiger partial charge in [-0.3, -0.25) is 4.72 Å². The number of halogens is 3. The van der Waals surface area contributed by atoms with Crippen LogP contribution in [0, 0.1) is 24.4 Å². The molecule has 0 atom stereocenters. The van der Waals surface area contributed by atoms with Crippen LogP contribution in [0.1, 0.15) is 5.56 Å². The molecule has 112 valence electrons. The van der Waals surface area contributed by atoms with Crippen molar-refractivity contribution in [3.8, 4) is 0 Å². The Morgan fingerprint density at radius 2 is 1.57 bits per heavy atom. The molecule has 0 aliphatic heterocycles. The van der Waals surface area contributed by atoms with E-state index in [0.29, 0.717) is 12.1 Å². The summed E-state index contributed by atoms with van der Waals surface area (Å²) in [4.78, 5) is -1.14. The molecule has 3 N–H and O–H groups in total. The Hall–Kier alpha value is -2.22.